The second-order valence-corrected chi connectivity index (χ2v) is 13.5. The van der Waals surface area contributed by atoms with Gasteiger partial charge in [-0.2, -0.15) is 0 Å². The highest BCUT2D eigenvalue weighted by atomic mass is 16.5. The standard InChI is InChI=1S/C38H54N12O12/c1-2-49-21-27(47-48-49)16-39-34(56)22-61-24-44-31(53)18-42-35(57)23-62-25-45-32(54)19-43-38(60)28(15-26-9-5-3-6-10-26)46-33(55)20-41-30(52)17-40-29(51)11-7-4-8-14-50-36(58)12-13-37(50)59/h3,5-6,9-10,12-13,21,28,47-48H,2,4,7-8,11,14-20,22-25H2,1H3,(H,39,56)(H,40,51)(H,41,52)(H,42,57)(H,43,60)(H,44,53)(H,45,54)(H,46,55)/t28-/m0/s1. The quantitative estimate of drug-likeness (QED) is 0.0205. The molecule has 62 heavy (non-hydrogen) atoms. The number of carbonyl (C=O) groups is 10. The van der Waals surface area contributed by atoms with Crippen LogP contribution in [0.1, 0.15) is 38.2 Å². The van der Waals surface area contributed by atoms with Crippen molar-refractivity contribution in [2.45, 2.75) is 45.1 Å². The lowest BCUT2D eigenvalue weighted by molar-refractivity contribution is -0.137. The van der Waals surface area contributed by atoms with Gasteiger partial charge in [-0.3, -0.25) is 57.9 Å². The normalized spacial score (nSPS) is 13.3. The van der Waals surface area contributed by atoms with E-state index >= 15 is 0 Å². The molecule has 0 radical (unpaired) electrons. The molecule has 10 N–H and O–H groups in total. The molecule has 24 nitrogen and oxygen atoms in total. The zero-order valence-corrected chi connectivity index (χ0v) is 34.3. The minimum atomic E-state index is -1.14. The molecule has 0 saturated heterocycles. The molecule has 24 heteroatoms. The SMILES string of the molecule is CCN1C=C(CNC(=O)COCNC(=O)CNC(=O)COCNC(=O)CNC(=O)[C@H](Cc2ccccc2)NC(=O)CNC(=O)CNC(=O)CCCCCN2C(=O)C=CC2=O)NN1. The molecule has 3 rings (SSSR count). The highest BCUT2D eigenvalue weighted by Crippen LogP contribution is 2.08. The van der Waals surface area contributed by atoms with Crippen LogP contribution in [-0.4, -0.2) is 148 Å². The number of nitrogens with one attached hydrogen (secondary N) is 10. The van der Waals surface area contributed by atoms with Gasteiger partial charge in [0.15, 0.2) is 0 Å². The highest BCUT2D eigenvalue weighted by molar-refractivity contribution is 6.12. The molecule has 0 bridgehead atoms. The van der Waals surface area contributed by atoms with E-state index in [2.05, 4.69) is 53.5 Å². The van der Waals surface area contributed by atoms with E-state index < -0.39 is 92.8 Å². The van der Waals surface area contributed by atoms with Crippen LogP contribution in [0.3, 0.4) is 0 Å². The van der Waals surface area contributed by atoms with E-state index in [-0.39, 0.29) is 51.1 Å². The molecule has 0 aliphatic carbocycles. The van der Waals surface area contributed by atoms with E-state index in [4.69, 9.17) is 9.47 Å². The van der Waals surface area contributed by atoms with E-state index in [0.717, 1.165) is 17.1 Å². The molecule has 2 aliphatic rings. The summed E-state index contributed by atoms with van der Waals surface area (Å²) in [5.41, 5.74) is 7.23. The molecular formula is C38H54N12O12. The summed E-state index contributed by atoms with van der Waals surface area (Å²) in [4.78, 5) is 123. The Labute approximate surface area is 357 Å². The van der Waals surface area contributed by atoms with Gasteiger partial charge in [-0.05, 0) is 25.3 Å². The third kappa shape index (κ3) is 20.4. The van der Waals surface area contributed by atoms with Crippen LogP contribution in [0.2, 0.25) is 0 Å². The van der Waals surface area contributed by atoms with Gasteiger partial charge in [-0.1, -0.05) is 36.8 Å². The monoisotopic (exact) mass is 870 g/mol. The Balaban J connectivity index is 1.24. The van der Waals surface area contributed by atoms with Crippen molar-refractivity contribution >= 4 is 59.1 Å². The summed E-state index contributed by atoms with van der Waals surface area (Å²) in [5.74, 6) is -5.51. The Bertz CT molecular complexity index is 1790. The van der Waals surface area contributed by atoms with Crippen molar-refractivity contribution in [3.05, 3.63) is 59.9 Å². The van der Waals surface area contributed by atoms with Crippen molar-refractivity contribution < 1.29 is 57.4 Å². The molecule has 0 saturated carbocycles. The highest BCUT2D eigenvalue weighted by Gasteiger charge is 2.23. The number of imide groups is 1. The fourth-order valence-corrected chi connectivity index (χ4v) is 5.29. The van der Waals surface area contributed by atoms with Crippen molar-refractivity contribution in [1.82, 2.24) is 63.4 Å². The fraction of sp³-hybridized carbons (Fsp3) is 0.474. The number of benzene rings is 1. The maximum Gasteiger partial charge on any atom is 0.253 e. The van der Waals surface area contributed by atoms with Crippen LogP contribution in [0, 0.1) is 0 Å². The zero-order chi connectivity index (χ0) is 45.1. The Morgan fingerprint density at radius 3 is 1.84 bits per heavy atom. The maximum absolute atomic E-state index is 13.0. The molecule has 0 aromatic heterocycles. The number of rotatable bonds is 29. The number of nitrogens with zero attached hydrogens (tertiary/aromatic N) is 2. The summed E-state index contributed by atoms with van der Waals surface area (Å²) in [5, 5.41) is 21.3. The first-order valence-corrected chi connectivity index (χ1v) is 19.7. The number of unbranched alkanes of at least 4 members (excludes halogenated alkanes) is 2. The van der Waals surface area contributed by atoms with Crippen molar-refractivity contribution in [1.29, 1.82) is 0 Å². The average molecular weight is 871 g/mol. The Kier molecular flexibility index (Phi) is 22.1. The molecule has 10 amide bonds. The predicted octanol–water partition coefficient (Wildman–Crippen LogP) is -4.85. The van der Waals surface area contributed by atoms with Crippen LogP contribution in [0.5, 0.6) is 0 Å². The van der Waals surface area contributed by atoms with Crippen LogP contribution in [0.4, 0.5) is 0 Å². The second-order valence-electron chi connectivity index (χ2n) is 13.5. The lowest BCUT2D eigenvalue weighted by Gasteiger charge is -2.19. The van der Waals surface area contributed by atoms with Crippen molar-refractivity contribution in [3.8, 4) is 0 Å². The number of amides is 10. The topological polar surface area (TPSA) is 316 Å². The maximum atomic E-state index is 13.0. The largest absolute Gasteiger partial charge is 0.351 e. The minimum absolute atomic E-state index is 0.0550. The summed E-state index contributed by atoms with van der Waals surface area (Å²) in [6.07, 6.45) is 5.97. The minimum Gasteiger partial charge on any atom is -0.351 e. The molecular weight excluding hydrogens is 816 g/mol. The first-order chi connectivity index (χ1) is 29.8. The van der Waals surface area contributed by atoms with E-state index in [0.29, 0.717) is 24.8 Å². The van der Waals surface area contributed by atoms with Crippen LogP contribution in [0.15, 0.2) is 54.4 Å². The molecule has 0 unspecified atom stereocenters. The van der Waals surface area contributed by atoms with Crippen LogP contribution >= 0.6 is 0 Å². The van der Waals surface area contributed by atoms with Gasteiger partial charge in [0.25, 0.3) is 11.8 Å². The summed E-state index contributed by atoms with van der Waals surface area (Å²) in [7, 11) is 0. The smallest absolute Gasteiger partial charge is 0.253 e. The molecule has 2 aliphatic heterocycles. The molecule has 0 spiro atoms. The van der Waals surface area contributed by atoms with Gasteiger partial charge in [0.2, 0.25) is 47.3 Å². The van der Waals surface area contributed by atoms with Gasteiger partial charge < -0.3 is 57.4 Å². The van der Waals surface area contributed by atoms with Crippen molar-refractivity contribution in [2.24, 2.45) is 0 Å². The van der Waals surface area contributed by atoms with Gasteiger partial charge in [0.05, 0.1) is 38.4 Å². The van der Waals surface area contributed by atoms with Crippen LogP contribution < -0.4 is 53.5 Å². The predicted molar refractivity (Wildman–Crippen MR) is 216 cm³/mol. The van der Waals surface area contributed by atoms with E-state index in [1.165, 1.54) is 12.2 Å². The number of carbonyl (C=O) groups excluding carboxylic acids is 10. The summed E-state index contributed by atoms with van der Waals surface area (Å²) < 4.78 is 10.2. The molecule has 1 aromatic carbocycles. The summed E-state index contributed by atoms with van der Waals surface area (Å²) in [6, 6.07) is 7.60. The number of hydrazine groups is 2. The van der Waals surface area contributed by atoms with Crippen LogP contribution in [0.25, 0.3) is 0 Å². The third-order valence-corrected chi connectivity index (χ3v) is 8.58. The van der Waals surface area contributed by atoms with E-state index in [9.17, 15) is 47.9 Å². The molecule has 338 valence electrons. The van der Waals surface area contributed by atoms with E-state index in [1.54, 1.807) is 41.5 Å². The van der Waals surface area contributed by atoms with Gasteiger partial charge in [-0.15, -0.1) is 5.53 Å². The third-order valence-electron chi connectivity index (χ3n) is 8.58. The summed E-state index contributed by atoms with van der Waals surface area (Å²) in [6.45, 7) is -0.0959. The van der Waals surface area contributed by atoms with Crippen molar-refractivity contribution in [3.63, 3.8) is 0 Å². The molecule has 1 aromatic rings. The first kappa shape index (κ1) is 49.4. The lowest BCUT2D eigenvalue weighted by atomic mass is 10.1. The lowest BCUT2D eigenvalue weighted by Crippen LogP contribution is -2.52. The van der Waals surface area contributed by atoms with E-state index in [1.807, 2.05) is 6.92 Å². The van der Waals surface area contributed by atoms with Crippen molar-refractivity contribution in [2.75, 3.05) is 72.5 Å². The number of hydrogen-bond acceptors (Lipinski definition) is 15. The average Bonchev–Trinajstić information content (AvgIpc) is 3.87. The zero-order valence-electron chi connectivity index (χ0n) is 34.3. The van der Waals surface area contributed by atoms with Gasteiger partial charge in [0.1, 0.15) is 32.7 Å². The first-order valence-electron chi connectivity index (χ1n) is 19.7. The Hall–Kier alpha value is -6.92. The number of hydrogen-bond donors (Lipinski definition) is 10. The fourth-order valence-electron chi connectivity index (χ4n) is 5.29. The second kappa shape index (κ2) is 27.8. The van der Waals surface area contributed by atoms with Gasteiger partial charge in [-0.25, -0.2) is 0 Å². The Morgan fingerprint density at radius 2 is 1.21 bits per heavy atom. The molecule has 2 heterocycles. The molecule has 1 atom stereocenters. The number of ether oxygens (including phenoxy) is 2. The molecule has 0 fully saturated rings. The Morgan fingerprint density at radius 1 is 0.645 bits per heavy atom. The summed E-state index contributed by atoms with van der Waals surface area (Å²) >= 11 is 0. The van der Waals surface area contributed by atoms with Gasteiger partial charge >= 0.3 is 0 Å². The van der Waals surface area contributed by atoms with Gasteiger partial charge in [0, 0.05) is 44.3 Å². The van der Waals surface area contributed by atoms with Crippen LogP contribution in [-0.2, 0) is 63.8 Å².